The molecule has 0 saturated carbocycles. The Morgan fingerprint density at radius 3 is 2.35 bits per heavy atom. The van der Waals surface area contributed by atoms with Crippen molar-refractivity contribution in [3.05, 3.63) is 23.8 Å². The Morgan fingerprint density at radius 2 is 1.81 bits per heavy atom. The van der Waals surface area contributed by atoms with Gasteiger partial charge in [-0.15, -0.1) is 11.6 Å². The number of benzene rings is 1. The Balaban J connectivity index is 1.95. The standard InChI is InChI=1S/C19H27ClN2O4/c1-19(2,12-20)18(24)21-14-7-9-22(10-8-14)17(23)13-5-6-15(25-3)16(11-13)26-4/h5-6,11,14H,7-10,12H2,1-4H3,(H,21,24). The third-order valence-electron chi connectivity index (χ3n) is 4.70. The molecule has 1 fully saturated rings. The van der Waals surface area contributed by atoms with Gasteiger partial charge < -0.3 is 19.7 Å². The molecule has 144 valence electrons. The van der Waals surface area contributed by atoms with Gasteiger partial charge in [-0.25, -0.2) is 0 Å². The number of hydrogen-bond acceptors (Lipinski definition) is 4. The number of carbonyl (C=O) groups excluding carboxylic acids is 2. The SMILES string of the molecule is COc1ccc(C(=O)N2CCC(NC(=O)C(C)(C)CCl)CC2)cc1OC. The molecule has 1 aliphatic heterocycles. The third kappa shape index (κ3) is 4.61. The monoisotopic (exact) mass is 382 g/mol. The summed E-state index contributed by atoms with van der Waals surface area (Å²) in [6.45, 7) is 4.84. The number of likely N-dealkylation sites (tertiary alicyclic amines) is 1. The highest BCUT2D eigenvalue weighted by molar-refractivity contribution is 6.19. The highest BCUT2D eigenvalue weighted by Crippen LogP contribution is 2.28. The van der Waals surface area contributed by atoms with Gasteiger partial charge in [0.1, 0.15) is 0 Å². The second-order valence-corrected chi connectivity index (χ2v) is 7.39. The topological polar surface area (TPSA) is 67.9 Å². The first-order valence-corrected chi connectivity index (χ1v) is 9.24. The van der Waals surface area contributed by atoms with Crippen LogP contribution in [0.5, 0.6) is 11.5 Å². The van der Waals surface area contributed by atoms with Crippen molar-refractivity contribution < 1.29 is 19.1 Å². The van der Waals surface area contributed by atoms with Gasteiger partial charge in [-0.3, -0.25) is 9.59 Å². The lowest BCUT2D eigenvalue weighted by Gasteiger charge is -2.34. The highest BCUT2D eigenvalue weighted by Gasteiger charge is 2.30. The van der Waals surface area contributed by atoms with Crippen LogP contribution in [0.15, 0.2) is 18.2 Å². The molecule has 1 aliphatic rings. The number of amides is 2. The van der Waals surface area contributed by atoms with Crippen LogP contribution in [0.4, 0.5) is 0 Å². The minimum atomic E-state index is -0.589. The second-order valence-electron chi connectivity index (χ2n) is 7.13. The molecular formula is C19H27ClN2O4. The van der Waals surface area contributed by atoms with Crippen LogP contribution in [0.3, 0.4) is 0 Å². The first-order chi connectivity index (χ1) is 12.3. The van der Waals surface area contributed by atoms with Crippen LogP contribution in [0, 0.1) is 5.41 Å². The average Bonchev–Trinajstić information content (AvgIpc) is 2.67. The van der Waals surface area contributed by atoms with Crippen molar-refractivity contribution in [2.75, 3.05) is 33.2 Å². The summed E-state index contributed by atoms with van der Waals surface area (Å²) in [5.74, 6) is 1.31. The molecule has 0 atom stereocenters. The first kappa shape index (κ1) is 20.4. The van der Waals surface area contributed by atoms with E-state index in [2.05, 4.69) is 5.32 Å². The molecule has 0 bridgehead atoms. The molecule has 6 nitrogen and oxygen atoms in total. The van der Waals surface area contributed by atoms with Crippen LogP contribution in [-0.2, 0) is 4.79 Å². The maximum atomic E-state index is 12.7. The normalized spacial score (nSPS) is 15.5. The molecule has 1 saturated heterocycles. The van der Waals surface area contributed by atoms with Gasteiger partial charge >= 0.3 is 0 Å². The summed E-state index contributed by atoms with van der Waals surface area (Å²) in [5, 5.41) is 3.04. The summed E-state index contributed by atoms with van der Waals surface area (Å²) in [6.07, 6.45) is 1.45. The van der Waals surface area contributed by atoms with Crippen LogP contribution in [-0.4, -0.2) is 55.9 Å². The van der Waals surface area contributed by atoms with Gasteiger partial charge in [-0.2, -0.15) is 0 Å². The number of halogens is 1. The minimum Gasteiger partial charge on any atom is -0.493 e. The lowest BCUT2D eigenvalue weighted by atomic mass is 9.93. The van der Waals surface area contributed by atoms with Crippen molar-refractivity contribution in [3.63, 3.8) is 0 Å². The zero-order chi connectivity index (χ0) is 19.3. The van der Waals surface area contributed by atoms with Crippen molar-refractivity contribution in [3.8, 4) is 11.5 Å². The van der Waals surface area contributed by atoms with E-state index in [1.165, 1.54) is 0 Å². The van der Waals surface area contributed by atoms with Gasteiger partial charge in [0, 0.05) is 30.6 Å². The van der Waals surface area contributed by atoms with Gasteiger partial charge in [0.25, 0.3) is 5.91 Å². The van der Waals surface area contributed by atoms with E-state index in [1.54, 1.807) is 37.3 Å². The predicted molar refractivity (Wildman–Crippen MR) is 101 cm³/mol. The van der Waals surface area contributed by atoms with Gasteiger partial charge in [-0.1, -0.05) is 0 Å². The Bertz CT molecular complexity index is 655. The molecule has 0 spiro atoms. The third-order valence-corrected chi connectivity index (χ3v) is 5.36. The summed E-state index contributed by atoms with van der Waals surface area (Å²) in [6, 6.07) is 5.23. The van der Waals surface area contributed by atoms with Gasteiger partial charge in [0.15, 0.2) is 11.5 Å². The lowest BCUT2D eigenvalue weighted by molar-refractivity contribution is -0.129. The minimum absolute atomic E-state index is 0.0443. The maximum Gasteiger partial charge on any atom is 0.253 e. The molecule has 0 radical (unpaired) electrons. The number of hydrogen-bond donors (Lipinski definition) is 1. The number of rotatable bonds is 6. The average molecular weight is 383 g/mol. The van der Waals surface area contributed by atoms with E-state index in [1.807, 2.05) is 13.8 Å². The molecule has 1 heterocycles. The highest BCUT2D eigenvalue weighted by atomic mass is 35.5. The summed E-state index contributed by atoms with van der Waals surface area (Å²) in [7, 11) is 3.10. The quantitative estimate of drug-likeness (QED) is 0.768. The van der Waals surface area contributed by atoms with Crippen LogP contribution in [0.2, 0.25) is 0 Å². The summed E-state index contributed by atoms with van der Waals surface area (Å²) < 4.78 is 10.5. The molecule has 0 aromatic heterocycles. The molecular weight excluding hydrogens is 356 g/mol. The number of piperidine rings is 1. The van der Waals surface area contributed by atoms with E-state index in [9.17, 15) is 9.59 Å². The summed E-state index contributed by atoms with van der Waals surface area (Å²) in [5.41, 5.74) is -0.0258. The molecule has 1 aromatic carbocycles. The Kier molecular flexibility index (Phi) is 6.75. The fraction of sp³-hybridized carbons (Fsp3) is 0.579. The van der Waals surface area contributed by atoms with Crippen molar-refractivity contribution in [2.45, 2.75) is 32.7 Å². The van der Waals surface area contributed by atoms with E-state index in [-0.39, 0.29) is 23.7 Å². The molecule has 0 aliphatic carbocycles. The molecule has 7 heteroatoms. The zero-order valence-corrected chi connectivity index (χ0v) is 16.6. The second kappa shape index (κ2) is 8.62. The van der Waals surface area contributed by atoms with Crippen molar-refractivity contribution in [1.82, 2.24) is 10.2 Å². The zero-order valence-electron chi connectivity index (χ0n) is 15.8. The van der Waals surface area contributed by atoms with Crippen molar-refractivity contribution >= 4 is 23.4 Å². The van der Waals surface area contributed by atoms with E-state index in [0.717, 1.165) is 12.8 Å². The number of carbonyl (C=O) groups is 2. The van der Waals surface area contributed by atoms with Gasteiger partial charge in [0.2, 0.25) is 5.91 Å². The van der Waals surface area contributed by atoms with E-state index in [4.69, 9.17) is 21.1 Å². The summed E-state index contributed by atoms with van der Waals surface area (Å²) in [4.78, 5) is 26.8. The maximum absolute atomic E-state index is 12.7. The van der Waals surface area contributed by atoms with E-state index in [0.29, 0.717) is 30.2 Å². The fourth-order valence-corrected chi connectivity index (χ4v) is 2.94. The molecule has 26 heavy (non-hydrogen) atoms. The first-order valence-electron chi connectivity index (χ1n) is 8.70. The van der Waals surface area contributed by atoms with E-state index < -0.39 is 5.41 Å². The van der Waals surface area contributed by atoms with E-state index >= 15 is 0 Å². The number of alkyl halides is 1. The molecule has 0 unspecified atom stereocenters. The van der Waals surface area contributed by atoms with Crippen molar-refractivity contribution in [1.29, 1.82) is 0 Å². The fourth-order valence-electron chi connectivity index (χ4n) is 2.82. The molecule has 2 rings (SSSR count). The Labute approximate surface area is 159 Å². The number of nitrogens with one attached hydrogen (secondary N) is 1. The smallest absolute Gasteiger partial charge is 0.253 e. The van der Waals surface area contributed by atoms with Crippen LogP contribution >= 0.6 is 11.6 Å². The molecule has 1 aromatic rings. The lowest BCUT2D eigenvalue weighted by Crippen LogP contribution is -2.49. The predicted octanol–water partition coefficient (Wildman–Crippen LogP) is 2.69. The molecule has 1 N–H and O–H groups in total. The van der Waals surface area contributed by atoms with Gasteiger partial charge in [0.05, 0.1) is 19.6 Å². The molecule has 2 amide bonds. The van der Waals surface area contributed by atoms with Gasteiger partial charge in [-0.05, 0) is 44.9 Å². The van der Waals surface area contributed by atoms with Crippen LogP contribution in [0.1, 0.15) is 37.0 Å². The van der Waals surface area contributed by atoms with Crippen molar-refractivity contribution in [2.24, 2.45) is 5.41 Å². The Morgan fingerprint density at radius 1 is 1.19 bits per heavy atom. The van der Waals surface area contributed by atoms with Crippen LogP contribution in [0.25, 0.3) is 0 Å². The number of ether oxygens (including phenoxy) is 2. The largest absolute Gasteiger partial charge is 0.493 e. The summed E-state index contributed by atoms with van der Waals surface area (Å²) >= 11 is 5.85. The number of methoxy groups -OCH3 is 2. The Hall–Kier alpha value is -1.95. The van der Waals surface area contributed by atoms with Crippen LogP contribution < -0.4 is 14.8 Å². The number of nitrogens with zero attached hydrogens (tertiary/aromatic N) is 1.